The molecule has 96 valence electrons. The third-order valence-corrected chi connectivity index (χ3v) is 3.49. The van der Waals surface area contributed by atoms with E-state index in [0.29, 0.717) is 12.1 Å². The van der Waals surface area contributed by atoms with E-state index in [4.69, 9.17) is 4.42 Å². The SMILES string of the molecule is CN(Cc1ccco1)c1nc2c(cc1C#N)CCC2. The number of pyridine rings is 1. The van der Waals surface area contributed by atoms with Crippen molar-refractivity contribution in [3.05, 3.63) is 47.0 Å². The average Bonchev–Trinajstić information content (AvgIpc) is 3.07. The van der Waals surface area contributed by atoms with Crippen LogP contribution in [0, 0.1) is 11.3 Å². The van der Waals surface area contributed by atoms with Crippen LogP contribution in [-0.4, -0.2) is 12.0 Å². The first-order valence-corrected chi connectivity index (χ1v) is 6.44. The molecule has 0 aromatic carbocycles. The van der Waals surface area contributed by atoms with Crippen molar-refractivity contribution in [3.8, 4) is 6.07 Å². The molecule has 1 aliphatic carbocycles. The first-order valence-electron chi connectivity index (χ1n) is 6.44. The Bertz CT molecular complexity index is 626. The third kappa shape index (κ3) is 2.19. The predicted octanol–water partition coefficient (Wildman–Crippen LogP) is 2.67. The minimum atomic E-state index is 0.619. The van der Waals surface area contributed by atoms with Crippen molar-refractivity contribution in [3.63, 3.8) is 0 Å². The van der Waals surface area contributed by atoms with E-state index in [-0.39, 0.29) is 0 Å². The van der Waals surface area contributed by atoms with Gasteiger partial charge in [-0.15, -0.1) is 0 Å². The average molecular weight is 253 g/mol. The van der Waals surface area contributed by atoms with Crippen LogP contribution >= 0.6 is 0 Å². The Balaban J connectivity index is 1.93. The van der Waals surface area contributed by atoms with Crippen LogP contribution in [0.5, 0.6) is 0 Å². The Morgan fingerprint density at radius 3 is 3.11 bits per heavy atom. The van der Waals surface area contributed by atoms with Crippen molar-refractivity contribution in [2.75, 3.05) is 11.9 Å². The number of aromatic nitrogens is 1. The zero-order chi connectivity index (χ0) is 13.2. The van der Waals surface area contributed by atoms with E-state index in [1.165, 1.54) is 5.56 Å². The van der Waals surface area contributed by atoms with E-state index < -0.39 is 0 Å². The van der Waals surface area contributed by atoms with Crippen LogP contribution in [0.25, 0.3) is 0 Å². The van der Waals surface area contributed by atoms with Gasteiger partial charge in [0.25, 0.3) is 0 Å². The molecular formula is C15H15N3O. The molecule has 0 spiro atoms. The monoisotopic (exact) mass is 253 g/mol. The molecule has 0 unspecified atom stereocenters. The molecule has 0 aliphatic heterocycles. The highest BCUT2D eigenvalue weighted by atomic mass is 16.3. The van der Waals surface area contributed by atoms with Crippen LogP contribution in [-0.2, 0) is 19.4 Å². The lowest BCUT2D eigenvalue weighted by Gasteiger charge is -2.19. The number of fused-ring (bicyclic) bond motifs is 1. The maximum atomic E-state index is 9.28. The third-order valence-electron chi connectivity index (χ3n) is 3.49. The molecule has 4 heteroatoms. The van der Waals surface area contributed by atoms with Crippen LogP contribution in [0.2, 0.25) is 0 Å². The van der Waals surface area contributed by atoms with Gasteiger partial charge in [0.05, 0.1) is 18.4 Å². The van der Waals surface area contributed by atoms with E-state index in [0.717, 1.165) is 36.5 Å². The van der Waals surface area contributed by atoms with Crippen molar-refractivity contribution >= 4 is 5.82 Å². The van der Waals surface area contributed by atoms with Crippen LogP contribution < -0.4 is 4.90 Å². The molecule has 3 rings (SSSR count). The van der Waals surface area contributed by atoms with Gasteiger partial charge in [0.1, 0.15) is 17.6 Å². The summed E-state index contributed by atoms with van der Waals surface area (Å²) in [5, 5.41) is 9.28. The molecule has 0 bridgehead atoms. The molecule has 0 radical (unpaired) electrons. The lowest BCUT2D eigenvalue weighted by atomic mass is 10.1. The highest BCUT2D eigenvalue weighted by molar-refractivity contribution is 5.56. The zero-order valence-electron chi connectivity index (χ0n) is 10.9. The Kier molecular flexibility index (Phi) is 2.96. The Morgan fingerprint density at radius 1 is 1.47 bits per heavy atom. The molecule has 0 amide bonds. The Morgan fingerprint density at radius 2 is 2.37 bits per heavy atom. The van der Waals surface area contributed by atoms with Gasteiger partial charge >= 0.3 is 0 Å². The number of anilines is 1. The fourth-order valence-electron chi connectivity index (χ4n) is 2.55. The smallest absolute Gasteiger partial charge is 0.146 e. The summed E-state index contributed by atoms with van der Waals surface area (Å²) in [4.78, 5) is 6.63. The number of nitriles is 1. The van der Waals surface area contributed by atoms with Gasteiger partial charge < -0.3 is 9.32 Å². The van der Waals surface area contributed by atoms with Crippen LogP contribution in [0.4, 0.5) is 5.82 Å². The van der Waals surface area contributed by atoms with E-state index >= 15 is 0 Å². The first kappa shape index (κ1) is 11.8. The lowest BCUT2D eigenvalue weighted by molar-refractivity contribution is 0.507. The molecule has 4 nitrogen and oxygen atoms in total. The first-order chi connectivity index (χ1) is 9.28. The van der Waals surface area contributed by atoms with Gasteiger partial charge in [-0.25, -0.2) is 4.98 Å². The van der Waals surface area contributed by atoms with Crippen molar-refractivity contribution < 1.29 is 4.42 Å². The lowest BCUT2D eigenvalue weighted by Crippen LogP contribution is -2.19. The number of furan rings is 1. The number of hydrogen-bond acceptors (Lipinski definition) is 4. The summed E-state index contributed by atoms with van der Waals surface area (Å²) in [5.41, 5.74) is 3.02. The van der Waals surface area contributed by atoms with Crippen molar-refractivity contribution in [1.82, 2.24) is 4.98 Å². The quantitative estimate of drug-likeness (QED) is 0.843. The molecule has 0 saturated heterocycles. The minimum Gasteiger partial charge on any atom is -0.467 e. The molecule has 0 fully saturated rings. The van der Waals surface area contributed by atoms with E-state index in [1.807, 2.05) is 30.1 Å². The number of aryl methyl sites for hydroxylation is 2. The van der Waals surface area contributed by atoms with Gasteiger partial charge in [0, 0.05) is 12.7 Å². The summed E-state index contributed by atoms with van der Waals surface area (Å²) in [6, 6.07) is 8.03. The van der Waals surface area contributed by atoms with E-state index in [1.54, 1.807) is 6.26 Å². The molecule has 2 heterocycles. The maximum Gasteiger partial charge on any atom is 0.146 e. The number of hydrogen-bond donors (Lipinski definition) is 0. The molecular weight excluding hydrogens is 238 g/mol. The molecule has 0 saturated carbocycles. The van der Waals surface area contributed by atoms with Crippen LogP contribution in [0.1, 0.15) is 29.0 Å². The fraction of sp³-hybridized carbons (Fsp3) is 0.333. The summed E-state index contributed by atoms with van der Waals surface area (Å²) in [7, 11) is 1.94. The van der Waals surface area contributed by atoms with Crippen LogP contribution in [0.15, 0.2) is 28.9 Å². The summed E-state index contributed by atoms with van der Waals surface area (Å²) >= 11 is 0. The van der Waals surface area contributed by atoms with Gasteiger partial charge in [-0.1, -0.05) is 0 Å². The molecule has 1 aliphatic rings. The van der Waals surface area contributed by atoms with Crippen molar-refractivity contribution in [2.24, 2.45) is 0 Å². The molecule has 2 aromatic rings. The summed E-state index contributed by atoms with van der Waals surface area (Å²) < 4.78 is 5.34. The molecule has 2 aromatic heterocycles. The largest absolute Gasteiger partial charge is 0.467 e. The maximum absolute atomic E-state index is 9.28. The van der Waals surface area contributed by atoms with Crippen molar-refractivity contribution in [1.29, 1.82) is 5.26 Å². The van der Waals surface area contributed by atoms with Gasteiger partial charge in [-0.2, -0.15) is 5.26 Å². The van der Waals surface area contributed by atoms with E-state index in [9.17, 15) is 5.26 Å². The van der Waals surface area contributed by atoms with Gasteiger partial charge in [0.2, 0.25) is 0 Å². The second-order valence-electron chi connectivity index (χ2n) is 4.87. The highest BCUT2D eigenvalue weighted by Gasteiger charge is 2.18. The predicted molar refractivity (Wildman–Crippen MR) is 71.8 cm³/mol. The fourth-order valence-corrected chi connectivity index (χ4v) is 2.55. The Labute approximate surface area is 112 Å². The summed E-state index contributed by atoms with van der Waals surface area (Å²) in [6.07, 6.45) is 4.85. The minimum absolute atomic E-state index is 0.619. The van der Waals surface area contributed by atoms with E-state index in [2.05, 4.69) is 11.1 Å². The van der Waals surface area contributed by atoms with Gasteiger partial charge in [-0.05, 0) is 43.0 Å². The molecule has 19 heavy (non-hydrogen) atoms. The van der Waals surface area contributed by atoms with Crippen molar-refractivity contribution in [2.45, 2.75) is 25.8 Å². The second-order valence-corrected chi connectivity index (χ2v) is 4.87. The molecule has 0 atom stereocenters. The summed E-state index contributed by atoms with van der Waals surface area (Å²) in [5.74, 6) is 1.62. The van der Waals surface area contributed by atoms with Crippen LogP contribution in [0.3, 0.4) is 0 Å². The summed E-state index contributed by atoms with van der Waals surface area (Å²) in [6.45, 7) is 0.619. The number of nitrogens with zero attached hydrogens (tertiary/aromatic N) is 3. The standard InChI is InChI=1S/C15H15N3O/c1-18(10-13-5-3-7-19-13)15-12(9-16)8-11-4-2-6-14(11)17-15/h3,5,7-8H,2,4,6,10H2,1H3. The zero-order valence-corrected chi connectivity index (χ0v) is 10.9. The second kappa shape index (κ2) is 4.77. The normalized spacial score (nSPS) is 13.1. The van der Waals surface area contributed by atoms with Gasteiger partial charge in [-0.3, -0.25) is 0 Å². The number of rotatable bonds is 3. The highest BCUT2D eigenvalue weighted by Crippen LogP contribution is 2.27. The Hall–Kier alpha value is -2.28. The van der Waals surface area contributed by atoms with Gasteiger partial charge in [0.15, 0.2) is 0 Å². The molecule has 0 N–H and O–H groups in total. The topological polar surface area (TPSA) is 53.1 Å².